The third-order valence-electron chi connectivity index (χ3n) is 7.11. The van der Waals surface area contributed by atoms with Gasteiger partial charge in [-0.2, -0.15) is 13.2 Å². The van der Waals surface area contributed by atoms with E-state index in [1.54, 1.807) is 29.2 Å². The zero-order valence-corrected chi connectivity index (χ0v) is 19.7. The monoisotopic (exact) mass is 508 g/mol. The SMILES string of the molecule is C[S@@+]([O-])c1cccc(C(=O)N2[C@@H](C(=O)N[C@@H](c3ccc(C(F)(F)F)cc3F)C3CC3)C[C@H]3C[C@H]32)c1. The molecular formula is C25H24F4N2O3S. The van der Waals surface area contributed by atoms with E-state index in [4.69, 9.17) is 0 Å². The first-order valence-electron chi connectivity index (χ1n) is 11.5. The van der Waals surface area contributed by atoms with Gasteiger partial charge in [0.05, 0.1) is 11.6 Å². The van der Waals surface area contributed by atoms with Crippen molar-refractivity contribution in [1.82, 2.24) is 10.2 Å². The smallest absolute Gasteiger partial charge is 0.416 e. The maximum absolute atomic E-state index is 14.7. The van der Waals surface area contributed by atoms with E-state index >= 15 is 0 Å². The Bertz CT molecular complexity index is 1170. The number of carbonyl (C=O) groups excluding carboxylic acids is 2. The van der Waals surface area contributed by atoms with Crippen LogP contribution in [0, 0.1) is 17.7 Å². The summed E-state index contributed by atoms with van der Waals surface area (Å²) in [6.07, 6.45) is -0.408. The second-order valence-corrected chi connectivity index (χ2v) is 10.9. The quantitative estimate of drug-likeness (QED) is 0.463. The van der Waals surface area contributed by atoms with E-state index in [2.05, 4.69) is 5.32 Å². The van der Waals surface area contributed by atoms with Crippen LogP contribution in [0.1, 0.15) is 53.2 Å². The van der Waals surface area contributed by atoms with Crippen LogP contribution in [0.4, 0.5) is 17.6 Å². The number of rotatable bonds is 6. The minimum atomic E-state index is -4.66. The highest BCUT2D eigenvalue weighted by atomic mass is 32.2. The summed E-state index contributed by atoms with van der Waals surface area (Å²) in [5.41, 5.74) is -0.717. The summed E-state index contributed by atoms with van der Waals surface area (Å²) in [6.45, 7) is 0. The van der Waals surface area contributed by atoms with Gasteiger partial charge in [-0.1, -0.05) is 12.1 Å². The lowest BCUT2D eigenvalue weighted by Gasteiger charge is -2.29. The van der Waals surface area contributed by atoms with Crippen molar-refractivity contribution in [2.75, 3.05) is 6.26 Å². The van der Waals surface area contributed by atoms with Crippen molar-refractivity contribution in [3.05, 3.63) is 65.0 Å². The first-order chi connectivity index (χ1) is 16.5. The van der Waals surface area contributed by atoms with Gasteiger partial charge in [-0.3, -0.25) is 9.59 Å². The van der Waals surface area contributed by atoms with Gasteiger partial charge < -0.3 is 14.8 Å². The molecule has 186 valence electrons. The van der Waals surface area contributed by atoms with Gasteiger partial charge in [0.1, 0.15) is 18.1 Å². The van der Waals surface area contributed by atoms with Gasteiger partial charge in [0, 0.05) is 23.2 Å². The molecule has 2 amide bonds. The number of benzene rings is 2. The lowest BCUT2D eigenvalue weighted by molar-refractivity contribution is -0.137. The molecule has 10 heteroatoms. The molecule has 5 nitrogen and oxygen atoms in total. The van der Waals surface area contributed by atoms with Crippen molar-refractivity contribution < 1.29 is 31.7 Å². The third-order valence-corrected chi connectivity index (χ3v) is 8.03. The van der Waals surface area contributed by atoms with Gasteiger partial charge >= 0.3 is 6.18 Å². The molecule has 0 radical (unpaired) electrons. The summed E-state index contributed by atoms with van der Waals surface area (Å²) in [5.74, 6) is -1.63. The molecule has 1 aliphatic heterocycles. The van der Waals surface area contributed by atoms with Crippen LogP contribution in [0.5, 0.6) is 0 Å². The van der Waals surface area contributed by atoms with Crippen molar-refractivity contribution in [3.63, 3.8) is 0 Å². The van der Waals surface area contributed by atoms with Crippen LogP contribution < -0.4 is 5.32 Å². The second kappa shape index (κ2) is 8.81. The Labute approximate surface area is 203 Å². The lowest BCUT2D eigenvalue weighted by Crippen LogP contribution is -2.49. The Balaban J connectivity index is 1.36. The summed E-state index contributed by atoms with van der Waals surface area (Å²) >= 11 is -1.27. The second-order valence-electron chi connectivity index (χ2n) is 9.57. The van der Waals surface area contributed by atoms with Crippen LogP contribution in [-0.4, -0.2) is 39.6 Å². The van der Waals surface area contributed by atoms with E-state index in [1.165, 1.54) is 6.26 Å². The van der Waals surface area contributed by atoms with Gasteiger partial charge in [0.15, 0.2) is 4.90 Å². The molecule has 35 heavy (non-hydrogen) atoms. The molecular weight excluding hydrogens is 484 g/mol. The molecule has 1 N–H and O–H groups in total. The molecule has 0 aromatic heterocycles. The summed E-state index contributed by atoms with van der Waals surface area (Å²) in [4.78, 5) is 28.7. The maximum atomic E-state index is 14.7. The van der Waals surface area contributed by atoms with Crippen molar-refractivity contribution in [2.45, 2.75) is 54.9 Å². The van der Waals surface area contributed by atoms with Crippen LogP contribution in [0.2, 0.25) is 0 Å². The molecule has 1 saturated heterocycles. The standard InChI is InChI=1S/C25H24F4N2O3S/c1-35(34)17-4-2-3-14(9-17)24(33)31-20-10-15(20)11-21(31)23(32)30-22(13-5-6-13)18-8-7-16(12-19(18)26)25(27,28)29/h2-4,7-9,12-13,15,20-22H,5-6,10-11H2,1H3,(H,30,32)/t15-,20-,21-,22-,35-/m1/s1. The number of carbonyl (C=O) groups is 2. The number of hydrogen-bond donors (Lipinski definition) is 1. The molecule has 5 atom stereocenters. The summed E-state index contributed by atoms with van der Waals surface area (Å²) in [6, 6.07) is 7.30. The highest BCUT2D eigenvalue weighted by Gasteiger charge is 2.56. The van der Waals surface area contributed by atoms with Crippen molar-refractivity contribution in [1.29, 1.82) is 0 Å². The fourth-order valence-electron chi connectivity index (χ4n) is 5.02. The molecule has 0 unspecified atom stereocenters. The van der Waals surface area contributed by atoms with Gasteiger partial charge in [-0.25, -0.2) is 4.39 Å². The fourth-order valence-corrected chi connectivity index (χ4v) is 5.59. The number of fused-ring (bicyclic) bond motifs is 1. The number of alkyl halides is 3. The molecule has 1 heterocycles. The van der Waals surface area contributed by atoms with Crippen molar-refractivity contribution in [2.24, 2.45) is 11.8 Å². The maximum Gasteiger partial charge on any atom is 0.416 e. The van der Waals surface area contributed by atoms with Crippen LogP contribution in [0.25, 0.3) is 0 Å². The summed E-state index contributed by atoms with van der Waals surface area (Å²) < 4.78 is 65.4. The number of hydrogen-bond acceptors (Lipinski definition) is 3. The molecule has 0 spiro atoms. The third kappa shape index (κ3) is 4.78. The predicted octanol–water partition coefficient (Wildman–Crippen LogP) is 4.45. The van der Waals surface area contributed by atoms with Crippen LogP contribution >= 0.6 is 0 Å². The van der Waals surface area contributed by atoms with Gasteiger partial charge in [0.2, 0.25) is 5.91 Å². The summed E-state index contributed by atoms with van der Waals surface area (Å²) in [5, 5.41) is 2.84. The Kier molecular flexibility index (Phi) is 6.07. The average Bonchev–Trinajstić information content (AvgIpc) is 3.74. The van der Waals surface area contributed by atoms with Crippen molar-refractivity contribution >= 4 is 23.0 Å². The van der Waals surface area contributed by atoms with E-state index in [0.717, 1.165) is 31.4 Å². The number of piperidine rings is 1. The molecule has 3 aliphatic rings. The van der Waals surface area contributed by atoms with E-state index in [-0.39, 0.29) is 29.3 Å². The summed E-state index contributed by atoms with van der Waals surface area (Å²) in [7, 11) is 0. The minimum Gasteiger partial charge on any atom is -0.612 e. The van der Waals surface area contributed by atoms with E-state index in [0.29, 0.717) is 22.9 Å². The normalized spacial score (nSPS) is 25.1. The highest BCUT2D eigenvalue weighted by Crippen LogP contribution is 2.49. The number of amides is 2. The first kappa shape index (κ1) is 24.1. The Morgan fingerprint density at radius 2 is 1.89 bits per heavy atom. The molecule has 2 aromatic rings. The number of nitrogens with one attached hydrogen (secondary N) is 1. The van der Waals surface area contributed by atoms with Gasteiger partial charge in [0.25, 0.3) is 5.91 Å². The molecule has 2 aromatic carbocycles. The Morgan fingerprint density at radius 3 is 2.51 bits per heavy atom. The van der Waals surface area contributed by atoms with Crippen LogP contribution in [0.3, 0.4) is 0 Å². The zero-order chi connectivity index (χ0) is 25.1. The van der Waals surface area contributed by atoms with E-state index < -0.39 is 46.7 Å². The Hall–Kier alpha value is -2.59. The van der Waals surface area contributed by atoms with Gasteiger partial charge in [-0.15, -0.1) is 0 Å². The van der Waals surface area contributed by atoms with Crippen molar-refractivity contribution in [3.8, 4) is 0 Å². The highest BCUT2D eigenvalue weighted by molar-refractivity contribution is 7.90. The lowest BCUT2D eigenvalue weighted by atomic mass is 9.99. The van der Waals surface area contributed by atoms with Crippen LogP contribution in [0.15, 0.2) is 47.4 Å². The minimum absolute atomic E-state index is 0.0213. The molecule has 2 saturated carbocycles. The molecule has 5 rings (SSSR count). The number of likely N-dealkylation sites (tertiary alicyclic amines) is 1. The topological polar surface area (TPSA) is 72.5 Å². The largest absolute Gasteiger partial charge is 0.612 e. The molecule has 3 fully saturated rings. The first-order valence-corrected chi connectivity index (χ1v) is 13.0. The van der Waals surface area contributed by atoms with Gasteiger partial charge in [-0.05, 0) is 73.0 Å². The molecule has 2 aliphatic carbocycles. The Morgan fingerprint density at radius 1 is 1.14 bits per heavy atom. The van der Waals surface area contributed by atoms with E-state index in [1.807, 2.05) is 0 Å². The fraction of sp³-hybridized carbons (Fsp3) is 0.440. The molecule has 0 bridgehead atoms. The zero-order valence-electron chi connectivity index (χ0n) is 18.8. The van der Waals surface area contributed by atoms with Crippen LogP contribution in [-0.2, 0) is 22.1 Å². The van der Waals surface area contributed by atoms with E-state index in [9.17, 15) is 31.7 Å². The average molecular weight is 509 g/mol. The number of nitrogens with zero attached hydrogens (tertiary/aromatic N) is 1. The predicted molar refractivity (Wildman–Crippen MR) is 120 cm³/mol. The number of halogens is 4.